The van der Waals surface area contributed by atoms with Crippen molar-refractivity contribution in [3.8, 4) is 22.6 Å². The third-order valence-electron chi connectivity index (χ3n) is 9.24. The van der Waals surface area contributed by atoms with Gasteiger partial charge in [0.2, 0.25) is 11.4 Å². The highest BCUT2D eigenvalue weighted by Crippen LogP contribution is 2.39. The summed E-state index contributed by atoms with van der Waals surface area (Å²) in [5.74, 6) is 2.80. The number of rotatable bonds is 10. The lowest BCUT2D eigenvalue weighted by atomic mass is 9.83. The van der Waals surface area contributed by atoms with Crippen LogP contribution in [0.1, 0.15) is 177 Å². The summed E-state index contributed by atoms with van der Waals surface area (Å²) < 4.78 is 4.78. The highest BCUT2D eigenvalue weighted by Gasteiger charge is 2.38. The van der Waals surface area contributed by atoms with E-state index in [2.05, 4.69) is 166 Å². The van der Waals surface area contributed by atoms with Gasteiger partial charge in [0.15, 0.2) is 0 Å². The Balaban J connectivity index is 2.27. The number of aromatic amines is 1. The molecule has 0 bridgehead atoms. The van der Waals surface area contributed by atoms with E-state index in [0.717, 1.165) is 0 Å². The molecule has 0 aliphatic rings. The summed E-state index contributed by atoms with van der Waals surface area (Å²) in [6, 6.07) is 18.7. The van der Waals surface area contributed by atoms with Gasteiger partial charge in [0.1, 0.15) is 0 Å². The molecule has 0 spiro atoms. The summed E-state index contributed by atoms with van der Waals surface area (Å²) in [4.78, 5) is 0. The van der Waals surface area contributed by atoms with Gasteiger partial charge in [-0.25, -0.2) is 0 Å². The van der Waals surface area contributed by atoms with Crippen LogP contribution in [0.15, 0.2) is 54.7 Å². The number of nitrogens with one attached hydrogen (secondary N) is 1. The van der Waals surface area contributed by atoms with Gasteiger partial charge in [-0.15, -0.1) is 0 Å². The van der Waals surface area contributed by atoms with E-state index in [-0.39, 0.29) is 0 Å². The van der Waals surface area contributed by atoms with Gasteiger partial charge in [0.25, 0.3) is 6.20 Å². The van der Waals surface area contributed by atoms with Crippen molar-refractivity contribution >= 4 is 0 Å². The zero-order valence-corrected chi connectivity index (χ0v) is 30.1. The monoisotopic (exact) mass is 593 g/mol. The maximum absolute atomic E-state index is 4.00. The van der Waals surface area contributed by atoms with Crippen molar-refractivity contribution in [1.29, 1.82) is 0 Å². The first kappa shape index (κ1) is 33.7. The molecule has 0 saturated carbocycles. The fraction of sp³-hybridized carbons (Fsp3) is 0.512. The SMILES string of the molecule is CC(C)c1cc(C(C)C)c(-c2c[n+](-c3c(C(C)C)cccc3C(C)C)[nH][n+]2-c2c(C(C)C)cccc2C(C)C)c(C(C)C)c1. The molecule has 0 aliphatic heterocycles. The molecular weight excluding hydrogens is 534 g/mol. The first-order chi connectivity index (χ1) is 20.6. The molecule has 4 aromatic rings. The highest BCUT2D eigenvalue weighted by molar-refractivity contribution is 5.69. The average Bonchev–Trinajstić information content (AvgIpc) is 3.39. The number of aromatic nitrogens is 3. The Labute approximate surface area is 268 Å². The van der Waals surface area contributed by atoms with Crippen molar-refractivity contribution in [2.45, 2.75) is 138 Å². The van der Waals surface area contributed by atoms with Crippen LogP contribution in [0.3, 0.4) is 0 Å². The van der Waals surface area contributed by atoms with E-state index in [9.17, 15) is 0 Å². The summed E-state index contributed by atoms with van der Waals surface area (Å²) in [6.45, 7) is 32.6. The fourth-order valence-corrected chi connectivity index (χ4v) is 6.64. The number of nitrogens with zero attached hydrogens (tertiary/aromatic N) is 2. The van der Waals surface area contributed by atoms with Crippen molar-refractivity contribution in [2.75, 3.05) is 0 Å². The minimum Gasteiger partial charge on any atom is -0.0612 e. The van der Waals surface area contributed by atoms with E-state index in [4.69, 9.17) is 0 Å². The van der Waals surface area contributed by atoms with Gasteiger partial charge in [-0.05, 0) is 67.5 Å². The third-order valence-corrected chi connectivity index (χ3v) is 9.24. The molecular formula is C41H59N3+2. The van der Waals surface area contributed by atoms with E-state index < -0.39 is 0 Å². The van der Waals surface area contributed by atoms with Gasteiger partial charge in [0, 0.05) is 27.5 Å². The summed E-state index contributed by atoms with van der Waals surface area (Å²) in [6.07, 6.45) is 2.40. The maximum atomic E-state index is 4.00. The normalized spacial score (nSPS) is 12.4. The Morgan fingerprint density at radius 2 is 0.818 bits per heavy atom. The molecule has 0 atom stereocenters. The minimum absolute atomic E-state index is 0.382. The highest BCUT2D eigenvalue weighted by atomic mass is 15.5. The maximum Gasteiger partial charge on any atom is 0.315 e. The molecule has 3 nitrogen and oxygen atoms in total. The molecule has 1 N–H and O–H groups in total. The van der Waals surface area contributed by atoms with Crippen molar-refractivity contribution in [1.82, 2.24) is 5.21 Å². The number of para-hydroxylation sites is 2. The number of H-pyrrole nitrogens is 1. The van der Waals surface area contributed by atoms with Crippen molar-refractivity contribution < 1.29 is 9.36 Å². The molecule has 0 fully saturated rings. The van der Waals surface area contributed by atoms with Crippen LogP contribution in [-0.4, -0.2) is 5.21 Å². The largest absolute Gasteiger partial charge is 0.315 e. The van der Waals surface area contributed by atoms with Crippen LogP contribution < -0.4 is 9.36 Å². The summed E-state index contributed by atoms with van der Waals surface area (Å²) in [5, 5.41) is 4.00. The zero-order valence-electron chi connectivity index (χ0n) is 30.1. The van der Waals surface area contributed by atoms with Crippen LogP contribution in [0.4, 0.5) is 0 Å². The first-order valence-corrected chi connectivity index (χ1v) is 17.2. The van der Waals surface area contributed by atoms with Crippen LogP contribution in [0, 0.1) is 0 Å². The van der Waals surface area contributed by atoms with Crippen molar-refractivity contribution in [2.24, 2.45) is 0 Å². The standard InChI is InChI=1S/C41H58N3/c1-24(2)31-21-36(29(11)12)39(37(22-31)30(13)14)38-23-43(40-32(25(3)4)17-15-18-33(40)26(5)6)42-44(38)41-34(27(7)8)19-16-20-35(41)28(9)10/h15-30H,1-14H3/q+1/p+1. The number of hydrogen-bond acceptors (Lipinski definition) is 0. The van der Waals surface area contributed by atoms with Gasteiger partial charge in [-0.1, -0.05) is 145 Å². The second-order valence-electron chi connectivity index (χ2n) is 15.0. The second kappa shape index (κ2) is 13.4. The molecule has 236 valence electrons. The summed E-state index contributed by atoms with van der Waals surface area (Å²) in [7, 11) is 0. The van der Waals surface area contributed by atoms with Crippen LogP contribution in [0.2, 0.25) is 0 Å². The lowest BCUT2D eigenvalue weighted by Gasteiger charge is -2.21. The van der Waals surface area contributed by atoms with Gasteiger partial charge < -0.3 is 0 Å². The number of hydrogen-bond donors (Lipinski definition) is 1. The Hall–Kier alpha value is -3.20. The fourth-order valence-electron chi connectivity index (χ4n) is 6.64. The molecule has 1 aromatic heterocycles. The van der Waals surface area contributed by atoms with Gasteiger partial charge in [-0.3, -0.25) is 0 Å². The Morgan fingerprint density at radius 1 is 0.455 bits per heavy atom. The van der Waals surface area contributed by atoms with E-state index in [1.807, 2.05) is 0 Å². The molecule has 3 heteroatoms. The smallest absolute Gasteiger partial charge is 0.0612 e. The molecule has 4 rings (SSSR count). The van der Waals surface area contributed by atoms with Gasteiger partial charge in [-0.2, -0.15) is 0 Å². The van der Waals surface area contributed by atoms with E-state index in [1.165, 1.54) is 61.6 Å². The van der Waals surface area contributed by atoms with Crippen molar-refractivity contribution in [3.63, 3.8) is 0 Å². The predicted octanol–water partition coefficient (Wildman–Crippen LogP) is 11.1. The van der Waals surface area contributed by atoms with Crippen LogP contribution in [-0.2, 0) is 0 Å². The van der Waals surface area contributed by atoms with Gasteiger partial charge >= 0.3 is 5.69 Å². The summed E-state index contributed by atoms with van der Waals surface area (Å²) in [5.41, 5.74) is 14.9. The zero-order chi connectivity index (χ0) is 32.6. The molecule has 0 aliphatic carbocycles. The van der Waals surface area contributed by atoms with E-state index >= 15 is 0 Å². The molecule has 1 heterocycles. The van der Waals surface area contributed by atoms with E-state index in [1.54, 1.807) is 0 Å². The lowest BCUT2D eigenvalue weighted by Crippen LogP contribution is -2.46. The van der Waals surface area contributed by atoms with Gasteiger partial charge in [0.05, 0.1) is 5.56 Å². The quantitative estimate of drug-likeness (QED) is 0.177. The lowest BCUT2D eigenvalue weighted by molar-refractivity contribution is -0.803. The molecule has 0 amide bonds. The molecule has 44 heavy (non-hydrogen) atoms. The summed E-state index contributed by atoms with van der Waals surface area (Å²) >= 11 is 0. The average molecular weight is 594 g/mol. The molecule has 0 radical (unpaired) electrons. The third kappa shape index (κ3) is 6.44. The second-order valence-corrected chi connectivity index (χ2v) is 15.0. The predicted molar refractivity (Wildman–Crippen MR) is 188 cm³/mol. The van der Waals surface area contributed by atoms with Crippen LogP contribution in [0.25, 0.3) is 22.6 Å². The minimum atomic E-state index is 0.382. The Bertz CT molecular complexity index is 1510. The molecule has 0 unspecified atom stereocenters. The van der Waals surface area contributed by atoms with E-state index in [0.29, 0.717) is 41.4 Å². The molecule has 3 aromatic carbocycles. The molecule has 0 saturated heterocycles. The van der Waals surface area contributed by atoms with Crippen LogP contribution in [0.5, 0.6) is 0 Å². The topological polar surface area (TPSA) is 23.5 Å². The van der Waals surface area contributed by atoms with Crippen molar-refractivity contribution in [3.05, 3.63) is 93.7 Å². The van der Waals surface area contributed by atoms with Crippen LogP contribution >= 0.6 is 0 Å². The number of benzene rings is 3. The Morgan fingerprint density at radius 3 is 1.16 bits per heavy atom. The first-order valence-electron chi connectivity index (χ1n) is 17.2. The Kier molecular flexibility index (Phi) is 10.3.